The lowest BCUT2D eigenvalue weighted by atomic mass is 10.0. The number of fused-ring (bicyclic) bond motifs is 1. The van der Waals surface area contributed by atoms with Crippen LogP contribution in [0.1, 0.15) is 0 Å². The summed E-state index contributed by atoms with van der Waals surface area (Å²) in [4.78, 5) is 6.64. The van der Waals surface area contributed by atoms with Crippen molar-refractivity contribution in [3.63, 3.8) is 0 Å². The fourth-order valence-electron chi connectivity index (χ4n) is 2.32. The third kappa shape index (κ3) is 2.69. The summed E-state index contributed by atoms with van der Waals surface area (Å²) in [6.07, 6.45) is 0. The number of rotatable bonds is 2. The molecular weight excluding hydrogens is 303 g/mol. The van der Waals surface area contributed by atoms with Crippen molar-refractivity contribution in [1.29, 1.82) is 0 Å². The lowest BCUT2D eigenvalue weighted by Crippen LogP contribution is -2.10. The van der Waals surface area contributed by atoms with Crippen molar-refractivity contribution < 1.29 is 0 Å². The van der Waals surface area contributed by atoms with Gasteiger partial charge >= 0.3 is 0 Å². The largest absolute Gasteiger partial charge is 0.363 e. The molecule has 21 heavy (non-hydrogen) atoms. The normalized spacial score (nSPS) is 10.9. The van der Waals surface area contributed by atoms with E-state index in [1.54, 1.807) is 0 Å². The number of pyridine rings is 1. The van der Waals surface area contributed by atoms with Gasteiger partial charge in [-0.15, -0.1) is 0 Å². The van der Waals surface area contributed by atoms with Crippen molar-refractivity contribution in [3.8, 4) is 11.1 Å². The summed E-state index contributed by atoms with van der Waals surface area (Å²) in [6.45, 7) is 0. The van der Waals surface area contributed by atoms with Gasteiger partial charge in [0.15, 0.2) is 0 Å². The smallest absolute Gasteiger partial charge is 0.129 e. The van der Waals surface area contributed by atoms with Gasteiger partial charge in [-0.25, -0.2) is 4.98 Å². The lowest BCUT2D eigenvalue weighted by Gasteiger charge is -2.16. The Bertz CT molecular complexity index is 813. The molecular formula is C17H14Cl2N2. The van der Waals surface area contributed by atoms with E-state index in [1.807, 2.05) is 67.5 Å². The average molecular weight is 317 g/mol. The van der Waals surface area contributed by atoms with Crippen molar-refractivity contribution in [2.45, 2.75) is 0 Å². The summed E-state index contributed by atoms with van der Waals surface area (Å²) in [7, 11) is 3.95. The molecule has 0 amide bonds. The van der Waals surface area contributed by atoms with Gasteiger partial charge in [0.25, 0.3) is 0 Å². The fourth-order valence-corrected chi connectivity index (χ4v) is 2.73. The van der Waals surface area contributed by atoms with Crippen molar-refractivity contribution in [2.24, 2.45) is 0 Å². The van der Waals surface area contributed by atoms with Crippen LogP contribution in [0.3, 0.4) is 0 Å². The van der Waals surface area contributed by atoms with Crippen LogP contribution in [0, 0.1) is 0 Å². The van der Waals surface area contributed by atoms with Gasteiger partial charge in [-0.05, 0) is 35.9 Å². The highest BCUT2D eigenvalue weighted by molar-refractivity contribution is 6.34. The molecule has 0 aliphatic carbocycles. The first-order chi connectivity index (χ1) is 10.1. The third-order valence-corrected chi connectivity index (χ3v) is 3.94. The maximum atomic E-state index is 6.36. The summed E-state index contributed by atoms with van der Waals surface area (Å²) in [6, 6.07) is 15.6. The molecule has 0 saturated heterocycles. The van der Waals surface area contributed by atoms with Gasteiger partial charge in [-0.3, -0.25) is 0 Å². The molecule has 106 valence electrons. The number of nitrogens with zero attached hydrogens (tertiary/aromatic N) is 2. The first-order valence-corrected chi connectivity index (χ1v) is 7.34. The molecule has 1 heterocycles. The monoisotopic (exact) mass is 316 g/mol. The van der Waals surface area contributed by atoms with Crippen molar-refractivity contribution >= 4 is 39.9 Å². The third-order valence-electron chi connectivity index (χ3n) is 3.38. The Labute approximate surface area is 133 Å². The van der Waals surface area contributed by atoms with Crippen LogP contribution in [0.15, 0.2) is 48.5 Å². The van der Waals surface area contributed by atoms with Crippen LogP contribution < -0.4 is 4.90 Å². The van der Waals surface area contributed by atoms with E-state index >= 15 is 0 Å². The molecule has 0 aliphatic heterocycles. The Kier molecular flexibility index (Phi) is 3.75. The van der Waals surface area contributed by atoms with Gasteiger partial charge < -0.3 is 4.90 Å². The molecule has 2 aromatic carbocycles. The molecule has 1 aromatic heterocycles. The minimum absolute atomic E-state index is 0.690. The Hall–Kier alpha value is -1.77. The van der Waals surface area contributed by atoms with Crippen LogP contribution in [0.4, 0.5) is 5.82 Å². The van der Waals surface area contributed by atoms with Crippen molar-refractivity contribution in [2.75, 3.05) is 19.0 Å². The molecule has 3 aromatic rings. The minimum Gasteiger partial charge on any atom is -0.363 e. The number of aromatic nitrogens is 1. The molecule has 0 atom stereocenters. The second kappa shape index (κ2) is 5.55. The Morgan fingerprint density at radius 3 is 2.38 bits per heavy atom. The van der Waals surface area contributed by atoms with Crippen LogP contribution in [0.25, 0.3) is 22.0 Å². The second-order valence-corrected chi connectivity index (χ2v) is 5.91. The van der Waals surface area contributed by atoms with E-state index in [2.05, 4.69) is 4.98 Å². The molecule has 0 aliphatic rings. The van der Waals surface area contributed by atoms with Gasteiger partial charge in [0.1, 0.15) is 5.82 Å². The van der Waals surface area contributed by atoms with Crippen LogP contribution in [-0.4, -0.2) is 19.1 Å². The number of anilines is 1. The van der Waals surface area contributed by atoms with Crippen LogP contribution >= 0.6 is 23.2 Å². The van der Waals surface area contributed by atoms with Crippen LogP contribution in [-0.2, 0) is 0 Å². The van der Waals surface area contributed by atoms with Crippen molar-refractivity contribution in [1.82, 2.24) is 4.98 Å². The number of halogens is 2. The van der Waals surface area contributed by atoms with Gasteiger partial charge in [0.05, 0.1) is 5.52 Å². The van der Waals surface area contributed by atoms with Gasteiger partial charge in [0, 0.05) is 35.1 Å². The van der Waals surface area contributed by atoms with Gasteiger partial charge in [-0.2, -0.15) is 0 Å². The predicted octanol–water partition coefficient (Wildman–Crippen LogP) is 5.27. The van der Waals surface area contributed by atoms with E-state index in [-0.39, 0.29) is 0 Å². The summed E-state index contributed by atoms with van der Waals surface area (Å²) >= 11 is 12.5. The quantitative estimate of drug-likeness (QED) is 0.640. The summed E-state index contributed by atoms with van der Waals surface area (Å²) in [5, 5.41) is 2.41. The molecule has 0 unspecified atom stereocenters. The number of hydrogen-bond acceptors (Lipinski definition) is 2. The summed E-state index contributed by atoms with van der Waals surface area (Å²) in [5.74, 6) is 0.889. The first-order valence-electron chi connectivity index (χ1n) is 6.59. The zero-order chi connectivity index (χ0) is 15.0. The standard InChI is InChI=1S/C17H14Cl2N2/c1-21(2)17-10-13(12-5-3-4-6-15(12)19)14-9-11(18)7-8-16(14)20-17/h3-10H,1-2H3. The Morgan fingerprint density at radius 2 is 1.67 bits per heavy atom. The Balaban J connectivity index is 2.38. The number of benzene rings is 2. The SMILES string of the molecule is CN(C)c1cc(-c2ccccc2Cl)c2cc(Cl)ccc2n1. The second-order valence-electron chi connectivity index (χ2n) is 5.06. The number of hydrogen-bond donors (Lipinski definition) is 0. The molecule has 0 bridgehead atoms. The van der Waals surface area contributed by atoms with Crippen molar-refractivity contribution in [3.05, 3.63) is 58.6 Å². The van der Waals surface area contributed by atoms with E-state index in [0.29, 0.717) is 5.02 Å². The highest BCUT2D eigenvalue weighted by atomic mass is 35.5. The molecule has 4 heteroatoms. The maximum absolute atomic E-state index is 6.36. The molecule has 0 spiro atoms. The summed E-state index contributed by atoms with van der Waals surface area (Å²) in [5.41, 5.74) is 2.93. The van der Waals surface area contributed by atoms with E-state index in [9.17, 15) is 0 Å². The highest BCUT2D eigenvalue weighted by Crippen LogP contribution is 2.36. The molecule has 0 radical (unpaired) electrons. The summed E-state index contributed by atoms with van der Waals surface area (Å²) < 4.78 is 0. The van der Waals surface area contributed by atoms with Gasteiger partial charge in [0.2, 0.25) is 0 Å². The van der Waals surface area contributed by atoms with E-state index in [4.69, 9.17) is 23.2 Å². The highest BCUT2D eigenvalue weighted by Gasteiger charge is 2.12. The maximum Gasteiger partial charge on any atom is 0.129 e. The first kappa shape index (κ1) is 14.2. The molecule has 0 fully saturated rings. The molecule has 3 rings (SSSR count). The minimum atomic E-state index is 0.690. The van der Waals surface area contributed by atoms with E-state index in [1.165, 1.54) is 0 Å². The van der Waals surface area contributed by atoms with E-state index in [0.717, 1.165) is 32.9 Å². The zero-order valence-electron chi connectivity index (χ0n) is 11.8. The predicted molar refractivity (Wildman–Crippen MR) is 91.5 cm³/mol. The van der Waals surface area contributed by atoms with E-state index < -0.39 is 0 Å². The topological polar surface area (TPSA) is 16.1 Å². The zero-order valence-corrected chi connectivity index (χ0v) is 13.3. The lowest BCUT2D eigenvalue weighted by molar-refractivity contribution is 1.08. The molecule has 0 saturated carbocycles. The van der Waals surface area contributed by atoms with Crippen LogP contribution in [0.5, 0.6) is 0 Å². The Morgan fingerprint density at radius 1 is 0.905 bits per heavy atom. The average Bonchev–Trinajstić information content (AvgIpc) is 2.47. The fraction of sp³-hybridized carbons (Fsp3) is 0.118. The van der Waals surface area contributed by atoms with Gasteiger partial charge in [-0.1, -0.05) is 41.4 Å². The molecule has 2 nitrogen and oxygen atoms in total. The van der Waals surface area contributed by atoms with Crippen LogP contribution in [0.2, 0.25) is 10.0 Å². The molecule has 0 N–H and O–H groups in total.